The van der Waals surface area contributed by atoms with Gasteiger partial charge in [0.1, 0.15) is 10.8 Å². The summed E-state index contributed by atoms with van der Waals surface area (Å²) in [6, 6.07) is 1.67. The smallest absolute Gasteiger partial charge is 0.349 e. The summed E-state index contributed by atoms with van der Waals surface area (Å²) in [5, 5.41) is 0.319. The lowest BCUT2D eigenvalue weighted by Crippen LogP contribution is -2.39. The summed E-state index contributed by atoms with van der Waals surface area (Å²) in [4.78, 5) is 23.4. The van der Waals surface area contributed by atoms with Crippen LogP contribution in [0.4, 0.5) is 0 Å². The first-order chi connectivity index (χ1) is 9.27. The van der Waals surface area contributed by atoms with Gasteiger partial charge in [0, 0.05) is 12.0 Å². The number of carbonyl (C=O) groups excluding carboxylic acids is 2. The van der Waals surface area contributed by atoms with Crippen LogP contribution >= 0.6 is 23.2 Å². The van der Waals surface area contributed by atoms with Crippen molar-refractivity contribution in [1.82, 2.24) is 0 Å². The van der Waals surface area contributed by atoms with E-state index < -0.39 is 11.6 Å². The topological polar surface area (TPSA) is 52.6 Å². The zero-order valence-corrected chi connectivity index (χ0v) is 12.9. The number of carbonyl (C=O) groups is 2. The molecule has 4 nitrogen and oxygen atoms in total. The van der Waals surface area contributed by atoms with Crippen LogP contribution in [-0.2, 0) is 16.0 Å². The summed E-state index contributed by atoms with van der Waals surface area (Å²) in [7, 11) is 1.28. The van der Waals surface area contributed by atoms with Gasteiger partial charge >= 0.3 is 5.97 Å². The van der Waals surface area contributed by atoms with Crippen LogP contribution in [0, 0.1) is 0 Å². The van der Waals surface area contributed by atoms with Crippen molar-refractivity contribution in [1.29, 1.82) is 0 Å². The molecule has 0 saturated carbocycles. The highest BCUT2D eigenvalue weighted by molar-refractivity contribution is 6.45. The summed E-state index contributed by atoms with van der Waals surface area (Å²) in [5.41, 5.74) is 0.0541. The summed E-state index contributed by atoms with van der Waals surface area (Å²) in [6.45, 7) is 3.14. The highest BCUT2D eigenvalue weighted by atomic mass is 35.5. The van der Waals surface area contributed by atoms with Gasteiger partial charge in [-0.1, -0.05) is 23.2 Å². The highest BCUT2D eigenvalue weighted by Crippen LogP contribution is 2.41. The lowest BCUT2D eigenvalue weighted by Gasteiger charge is -2.24. The number of methoxy groups -OCH3 is 1. The first-order valence-electron chi connectivity index (χ1n) is 6.09. The fraction of sp³-hybridized carbons (Fsp3) is 0.429. The van der Waals surface area contributed by atoms with Crippen LogP contribution in [0.3, 0.4) is 0 Å². The summed E-state index contributed by atoms with van der Waals surface area (Å²) < 4.78 is 10.3. The van der Waals surface area contributed by atoms with Gasteiger partial charge < -0.3 is 9.47 Å². The molecule has 0 spiro atoms. The first kappa shape index (κ1) is 15.1. The molecule has 1 aliphatic carbocycles. The molecule has 20 heavy (non-hydrogen) atoms. The van der Waals surface area contributed by atoms with Crippen molar-refractivity contribution < 1.29 is 19.1 Å². The predicted octanol–water partition coefficient (Wildman–Crippen LogP) is 3.45. The Balaban J connectivity index is 2.43. The van der Waals surface area contributed by atoms with E-state index in [4.69, 9.17) is 27.9 Å². The van der Waals surface area contributed by atoms with E-state index in [2.05, 4.69) is 4.74 Å². The lowest BCUT2D eigenvalue weighted by atomic mass is 10.1. The van der Waals surface area contributed by atoms with E-state index in [9.17, 15) is 9.59 Å². The minimum Gasteiger partial charge on any atom is -0.475 e. The van der Waals surface area contributed by atoms with E-state index in [0.29, 0.717) is 18.4 Å². The Bertz CT molecular complexity index is 593. The second kappa shape index (κ2) is 5.26. The normalized spacial score (nSPS) is 14.2. The molecular formula is C14H14Cl2O4. The fourth-order valence-corrected chi connectivity index (χ4v) is 2.67. The zero-order chi connectivity index (χ0) is 15.1. The molecule has 0 radical (unpaired) electrons. The van der Waals surface area contributed by atoms with Crippen molar-refractivity contribution in [3.05, 3.63) is 27.2 Å². The van der Waals surface area contributed by atoms with Crippen LogP contribution in [0.25, 0.3) is 0 Å². The van der Waals surface area contributed by atoms with Crippen LogP contribution < -0.4 is 4.74 Å². The molecule has 0 bridgehead atoms. The Morgan fingerprint density at radius 2 is 1.90 bits per heavy atom. The summed E-state index contributed by atoms with van der Waals surface area (Å²) in [6.07, 6.45) is 1.01. The molecule has 2 rings (SSSR count). The molecule has 0 N–H and O–H groups in total. The van der Waals surface area contributed by atoms with Crippen LogP contribution in [0.5, 0.6) is 5.75 Å². The molecule has 1 aliphatic rings. The van der Waals surface area contributed by atoms with E-state index in [-0.39, 0.29) is 21.6 Å². The van der Waals surface area contributed by atoms with Crippen LogP contribution in [0.2, 0.25) is 10.0 Å². The van der Waals surface area contributed by atoms with Gasteiger partial charge in [0.25, 0.3) is 0 Å². The summed E-state index contributed by atoms with van der Waals surface area (Å²) in [5.74, 6) is -0.271. The van der Waals surface area contributed by atoms with Gasteiger partial charge in [-0.25, -0.2) is 4.79 Å². The van der Waals surface area contributed by atoms with Crippen LogP contribution in [0.15, 0.2) is 6.07 Å². The number of hydrogen-bond acceptors (Lipinski definition) is 4. The van der Waals surface area contributed by atoms with E-state index >= 15 is 0 Å². The van der Waals surface area contributed by atoms with Crippen molar-refractivity contribution in [2.45, 2.75) is 32.3 Å². The average Bonchev–Trinajstić information content (AvgIpc) is 2.75. The number of rotatable bonds is 3. The second-order valence-electron chi connectivity index (χ2n) is 5.06. The number of ketones is 1. The van der Waals surface area contributed by atoms with Crippen LogP contribution in [-0.4, -0.2) is 24.5 Å². The molecule has 0 fully saturated rings. The van der Waals surface area contributed by atoms with Crippen molar-refractivity contribution in [3.63, 3.8) is 0 Å². The third kappa shape index (κ3) is 2.50. The van der Waals surface area contributed by atoms with Crippen molar-refractivity contribution in [3.8, 4) is 5.75 Å². The number of esters is 1. The molecule has 108 valence electrons. The van der Waals surface area contributed by atoms with Gasteiger partial charge in [-0.15, -0.1) is 0 Å². The van der Waals surface area contributed by atoms with Gasteiger partial charge in [-0.2, -0.15) is 0 Å². The molecule has 0 heterocycles. The monoisotopic (exact) mass is 316 g/mol. The van der Waals surface area contributed by atoms with E-state index in [1.165, 1.54) is 7.11 Å². The van der Waals surface area contributed by atoms with Gasteiger partial charge in [0.15, 0.2) is 11.4 Å². The molecule has 0 atom stereocenters. The number of ether oxygens (including phenoxy) is 2. The van der Waals surface area contributed by atoms with Crippen LogP contribution in [0.1, 0.15) is 36.2 Å². The van der Waals surface area contributed by atoms with E-state index in [1.54, 1.807) is 19.9 Å². The van der Waals surface area contributed by atoms with Gasteiger partial charge in [0.2, 0.25) is 0 Å². The minimum absolute atomic E-state index is 0.0225. The standard InChI is InChI=1S/C14H14Cl2O4/c1-14(2,13(18)19-3)20-9-6-7-4-5-8(17)10(7)12(16)11(9)15/h6H,4-5H2,1-3H3. The third-order valence-electron chi connectivity index (χ3n) is 3.20. The maximum absolute atomic E-state index is 11.7. The maximum Gasteiger partial charge on any atom is 0.349 e. The Hall–Kier alpha value is -1.26. The number of halogens is 2. The zero-order valence-electron chi connectivity index (χ0n) is 11.4. The number of aryl methyl sites for hydroxylation is 1. The lowest BCUT2D eigenvalue weighted by molar-refractivity contribution is -0.156. The summed E-state index contributed by atoms with van der Waals surface area (Å²) >= 11 is 12.3. The molecule has 0 aliphatic heterocycles. The molecule has 1 aromatic rings. The number of hydrogen-bond donors (Lipinski definition) is 0. The Kier molecular flexibility index (Phi) is 3.98. The van der Waals surface area contributed by atoms with Gasteiger partial charge in [0.05, 0.1) is 12.1 Å². The predicted molar refractivity (Wildman–Crippen MR) is 75.8 cm³/mol. The Morgan fingerprint density at radius 3 is 2.50 bits per heavy atom. The molecule has 1 aromatic carbocycles. The minimum atomic E-state index is -1.20. The number of fused-ring (bicyclic) bond motifs is 1. The fourth-order valence-electron chi connectivity index (χ4n) is 2.16. The maximum atomic E-state index is 11.7. The van der Waals surface area contributed by atoms with E-state index in [0.717, 1.165) is 5.56 Å². The first-order valence-corrected chi connectivity index (χ1v) is 6.85. The SMILES string of the molecule is COC(=O)C(C)(C)Oc1cc2c(c(Cl)c1Cl)C(=O)CC2. The molecule has 0 unspecified atom stereocenters. The average molecular weight is 317 g/mol. The number of benzene rings is 1. The molecule has 0 aromatic heterocycles. The quantitative estimate of drug-likeness (QED) is 0.801. The van der Waals surface area contributed by atoms with Crippen molar-refractivity contribution in [2.24, 2.45) is 0 Å². The largest absolute Gasteiger partial charge is 0.475 e. The van der Waals surface area contributed by atoms with Crippen molar-refractivity contribution >= 4 is 35.0 Å². The van der Waals surface area contributed by atoms with Crippen molar-refractivity contribution in [2.75, 3.05) is 7.11 Å². The molecule has 6 heteroatoms. The molecular weight excluding hydrogens is 303 g/mol. The highest BCUT2D eigenvalue weighted by Gasteiger charge is 2.34. The molecule has 0 saturated heterocycles. The molecule has 0 amide bonds. The Morgan fingerprint density at radius 1 is 1.25 bits per heavy atom. The van der Waals surface area contributed by atoms with E-state index in [1.807, 2.05) is 0 Å². The number of Topliss-reactive ketones (excluding diaryl/α,β-unsaturated/α-hetero) is 1. The third-order valence-corrected chi connectivity index (χ3v) is 4.05. The van der Waals surface area contributed by atoms with Gasteiger partial charge in [-0.3, -0.25) is 4.79 Å². The Labute approximate surface area is 127 Å². The van der Waals surface area contributed by atoms with Gasteiger partial charge in [-0.05, 0) is 31.9 Å². The second-order valence-corrected chi connectivity index (χ2v) is 5.82.